The Balaban J connectivity index is 1.27. The topological polar surface area (TPSA) is 12.0 Å². The van der Waals surface area contributed by atoms with E-state index in [1.807, 2.05) is 0 Å². The number of benzene rings is 8. The number of hydrogen-bond donors (Lipinski definition) is 1. The highest BCUT2D eigenvalue weighted by atomic mass is 14.9. The number of anilines is 2. The average molecular weight is 548 g/mol. The van der Waals surface area contributed by atoms with Gasteiger partial charge in [0.2, 0.25) is 0 Å². The van der Waals surface area contributed by atoms with Crippen molar-refractivity contribution in [1.82, 2.24) is 0 Å². The Morgan fingerprint density at radius 1 is 0.279 bits per heavy atom. The van der Waals surface area contributed by atoms with Crippen molar-refractivity contribution in [3.05, 3.63) is 170 Å². The lowest BCUT2D eigenvalue weighted by molar-refractivity contribution is 1.52. The van der Waals surface area contributed by atoms with Gasteiger partial charge in [-0.3, -0.25) is 0 Å². The standard InChI is InChI=1S/C42H29N/c1-3-12-29(13-4-1)31-16-11-17-34(26-31)43-42-28-33(22-24-35(42)30-14-5-2-6-15-30)32-23-25-40-38-20-8-7-18-36(38)37-19-9-10-21-39(37)41(40)27-32/h1-28,43H. The van der Waals surface area contributed by atoms with Crippen LogP contribution in [-0.4, -0.2) is 0 Å². The second-order valence-electron chi connectivity index (χ2n) is 11.0. The first kappa shape index (κ1) is 25.1. The molecule has 8 aromatic rings. The summed E-state index contributed by atoms with van der Waals surface area (Å²) in [5, 5.41) is 11.5. The van der Waals surface area contributed by atoms with E-state index in [2.05, 4.69) is 175 Å². The van der Waals surface area contributed by atoms with E-state index in [0.717, 1.165) is 11.4 Å². The molecule has 0 heterocycles. The fourth-order valence-electron chi connectivity index (χ4n) is 6.35. The van der Waals surface area contributed by atoms with E-state index < -0.39 is 0 Å². The molecule has 1 heteroatoms. The summed E-state index contributed by atoms with van der Waals surface area (Å²) in [5.41, 5.74) is 9.28. The zero-order valence-corrected chi connectivity index (χ0v) is 23.7. The largest absolute Gasteiger partial charge is 0.355 e. The van der Waals surface area contributed by atoms with Crippen molar-refractivity contribution in [3.63, 3.8) is 0 Å². The Hall–Kier alpha value is -5.66. The molecule has 0 unspecified atom stereocenters. The third-order valence-corrected chi connectivity index (χ3v) is 8.43. The summed E-state index contributed by atoms with van der Waals surface area (Å²) in [6.45, 7) is 0. The van der Waals surface area contributed by atoms with E-state index in [1.165, 1.54) is 65.7 Å². The molecule has 0 amide bonds. The molecule has 0 saturated carbocycles. The molecule has 0 radical (unpaired) electrons. The van der Waals surface area contributed by atoms with Gasteiger partial charge in [-0.05, 0) is 84.4 Å². The van der Waals surface area contributed by atoms with Crippen molar-refractivity contribution < 1.29 is 0 Å². The molecular weight excluding hydrogens is 518 g/mol. The SMILES string of the molecule is c1ccc(-c2cccc(Nc3cc(-c4ccc5c6ccccc6c6ccccc6c5c4)ccc3-c3ccccc3)c2)cc1. The Kier molecular flexibility index (Phi) is 6.20. The second-order valence-corrected chi connectivity index (χ2v) is 11.0. The summed E-state index contributed by atoms with van der Waals surface area (Å²) >= 11 is 0. The number of hydrogen-bond acceptors (Lipinski definition) is 1. The van der Waals surface area contributed by atoms with Gasteiger partial charge in [0.25, 0.3) is 0 Å². The number of fused-ring (bicyclic) bond motifs is 6. The fourth-order valence-corrected chi connectivity index (χ4v) is 6.35. The summed E-state index contributed by atoms with van der Waals surface area (Å²) < 4.78 is 0. The molecule has 0 aromatic heterocycles. The quantitative estimate of drug-likeness (QED) is 0.211. The van der Waals surface area contributed by atoms with Crippen LogP contribution < -0.4 is 5.32 Å². The van der Waals surface area contributed by atoms with Crippen LogP contribution in [-0.2, 0) is 0 Å². The lowest BCUT2D eigenvalue weighted by atomic mass is 9.91. The van der Waals surface area contributed by atoms with E-state index in [9.17, 15) is 0 Å². The predicted molar refractivity (Wildman–Crippen MR) is 185 cm³/mol. The monoisotopic (exact) mass is 547 g/mol. The van der Waals surface area contributed by atoms with Crippen molar-refractivity contribution in [1.29, 1.82) is 0 Å². The lowest BCUT2D eigenvalue weighted by Gasteiger charge is -2.16. The zero-order chi connectivity index (χ0) is 28.6. The molecule has 0 saturated heterocycles. The minimum Gasteiger partial charge on any atom is -0.355 e. The van der Waals surface area contributed by atoms with Gasteiger partial charge in [0.1, 0.15) is 0 Å². The van der Waals surface area contributed by atoms with Crippen LogP contribution in [0.5, 0.6) is 0 Å². The fraction of sp³-hybridized carbons (Fsp3) is 0. The van der Waals surface area contributed by atoms with Gasteiger partial charge in [0, 0.05) is 16.9 Å². The van der Waals surface area contributed by atoms with E-state index >= 15 is 0 Å². The second kappa shape index (κ2) is 10.6. The van der Waals surface area contributed by atoms with Crippen molar-refractivity contribution in [2.24, 2.45) is 0 Å². The van der Waals surface area contributed by atoms with Gasteiger partial charge in [-0.15, -0.1) is 0 Å². The molecule has 0 aliphatic rings. The van der Waals surface area contributed by atoms with E-state index in [0.29, 0.717) is 0 Å². The smallest absolute Gasteiger partial charge is 0.0470 e. The highest BCUT2D eigenvalue weighted by Gasteiger charge is 2.12. The number of rotatable bonds is 5. The molecule has 202 valence electrons. The van der Waals surface area contributed by atoms with Crippen LogP contribution in [0.15, 0.2) is 170 Å². The summed E-state index contributed by atoms with van der Waals surface area (Å²) in [6, 6.07) is 61.0. The van der Waals surface area contributed by atoms with Crippen LogP contribution in [0.3, 0.4) is 0 Å². The highest BCUT2D eigenvalue weighted by molar-refractivity contribution is 6.25. The Morgan fingerprint density at radius 2 is 0.767 bits per heavy atom. The average Bonchev–Trinajstić information content (AvgIpc) is 3.09. The molecule has 8 aromatic carbocycles. The minimum atomic E-state index is 1.06. The summed E-state index contributed by atoms with van der Waals surface area (Å²) in [4.78, 5) is 0. The van der Waals surface area contributed by atoms with E-state index in [4.69, 9.17) is 0 Å². The summed E-state index contributed by atoms with van der Waals surface area (Å²) in [7, 11) is 0. The third-order valence-electron chi connectivity index (χ3n) is 8.43. The summed E-state index contributed by atoms with van der Waals surface area (Å²) in [5.74, 6) is 0. The van der Waals surface area contributed by atoms with Crippen LogP contribution in [0, 0.1) is 0 Å². The van der Waals surface area contributed by atoms with Crippen LogP contribution in [0.1, 0.15) is 0 Å². The molecule has 1 N–H and O–H groups in total. The van der Waals surface area contributed by atoms with Crippen LogP contribution in [0.25, 0.3) is 65.7 Å². The van der Waals surface area contributed by atoms with Gasteiger partial charge in [-0.2, -0.15) is 0 Å². The first-order valence-electron chi connectivity index (χ1n) is 14.8. The van der Waals surface area contributed by atoms with Crippen LogP contribution in [0.2, 0.25) is 0 Å². The van der Waals surface area contributed by atoms with E-state index in [1.54, 1.807) is 0 Å². The van der Waals surface area contributed by atoms with Gasteiger partial charge in [0.15, 0.2) is 0 Å². The molecule has 0 aliphatic carbocycles. The lowest BCUT2D eigenvalue weighted by Crippen LogP contribution is -1.95. The minimum absolute atomic E-state index is 1.06. The molecule has 8 rings (SSSR count). The first-order valence-corrected chi connectivity index (χ1v) is 14.8. The van der Waals surface area contributed by atoms with Gasteiger partial charge >= 0.3 is 0 Å². The molecule has 0 fully saturated rings. The Bertz CT molecular complexity index is 2210. The van der Waals surface area contributed by atoms with Gasteiger partial charge < -0.3 is 5.32 Å². The summed E-state index contributed by atoms with van der Waals surface area (Å²) in [6.07, 6.45) is 0. The van der Waals surface area contributed by atoms with Crippen molar-refractivity contribution in [2.75, 3.05) is 5.32 Å². The zero-order valence-electron chi connectivity index (χ0n) is 23.7. The number of nitrogens with one attached hydrogen (secondary N) is 1. The maximum Gasteiger partial charge on any atom is 0.0470 e. The van der Waals surface area contributed by atoms with Crippen molar-refractivity contribution >= 4 is 43.7 Å². The highest BCUT2D eigenvalue weighted by Crippen LogP contribution is 2.39. The Labute approximate surface area is 251 Å². The maximum atomic E-state index is 3.78. The molecule has 43 heavy (non-hydrogen) atoms. The third kappa shape index (κ3) is 4.62. The molecule has 0 aliphatic heterocycles. The van der Waals surface area contributed by atoms with Crippen molar-refractivity contribution in [3.8, 4) is 33.4 Å². The molecule has 0 atom stereocenters. The van der Waals surface area contributed by atoms with Gasteiger partial charge in [-0.25, -0.2) is 0 Å². The van der Waals surface area contributed by atoms with Crippen LogP contribution >= 0.6 is 0 Å². The first-order chi connectivity index (χ1) is 21.3. The Morgan fingerprint density at radius 3 is 1.44 bits per heavy atom. The molecular formula is C42H29N. The van der Waals surface area contributed by atoms with E-state index in [-0.39, 0.29) is 0 Å². The maximum absolute atomic E-state index is 3.78. The van der Waals surface area contributed by atoms with Gasteiger partial charge in [-0.1, -0.05) is 146 Å². The molecule has 0 bridgehead atoms. The van der Waals surface area contributed by atoms with Crippen molar-refractivity contribution in [2.45, 2.75) is 0 Å². The molecule has 0 spiro atoms. The normalized spacial score (nSPS) is 11.3. The van der Waals surface area contributed by atoms with Crippen LogP contribution in [0.4, 0.5) is 11.4 Å². The predicted octanol–water partition coefficient (Wildman–Crippen LogP) is 11.9. The molecule has 1 nitrogen and oxygen atoms in total. The van der Waals surface area contributed by atoms with Gasteiger partial charge in [0.05, 0.1) is 0 Å².